The first-order valence-electron chi connectivity index (χ1n) is 7.81. The number of nitrogens with zero attached hydrogens (tertiary/aromatic N) is 2. The van der Waals surface area contributed by atoms with Crippen LogP contribution in [0.1, 0.15) is 43.6 Å². The molecule has 0 aromatic carbocycles. The summed E-state index contributed by atoms with van der Waals surface area (Å²) in [5.74, 6) is -1.58. The molecule has 24 heavy (non-hydrogen) atoms. The van der Waals surface area contributed by atoms with Gasteiger partial charge in [-0.3, -0.25) is 14.9 Å². The monoisotopic (exact) mass is 336 g/mol. The van der Waals surface area contributed by atoms with Crippen molar-refractivity contribution in [1.82, 2.24) is 20.4 Å². The molecule has 1 aromatic rings. The lowest BCUT2D eigenvalue weighted by Crippen LogP contribution is -2.45. The van der Waals surface area contributed by atoms with Crippen LogP contribution in [0.25, 0.3) is 0 Å². The van der Waals surface area contributed by atoms with E-state index in [0.717, 1.165) is 17.5 Å². The summed E-state index contributed by atoms with van der Waals surface area (Å²) < 4.78 is 6.14. The molecule has 130 valence electrons. The molecule has 2 rings (SSSR count). The van der Waals surface area contributed by atoms with Crippen molar-refractivity contribution in [3.63, 3.8) is 0 Å². The van der Waals surface area contributed by atoms with E-state index in [-0.39, 0.29) is 17.3 Å². The predicted octanol–water partition coefficient (Wildman–Crippen LogP) is 0.187. The molecule has 1 aliphatic carbocycles. The number of nitrogens with one attached hydrogen (secondary N) is 2. The summed E-state index contributed by atoms with van der Waals surface area (Å²) in [6.07, 6.45) is 1.30. The number of aryl methyl sites for hydroxylation is 1. The summed E-state index contributed by atoms with van der Waals surface area (Å²) in [6.45, 7) is 3.59. The molecule has 0 saturated heterocycles. The molecule has 1 atom stereocenters. The van der Waals surface area contributed by atoms with Crippen molar-refractivity contribution in [2.45, 2.75) is 51.8 Å². The number of carbonyl (C=O) groups excluding carboxylic acids is 3. The molecule has 0 bridgehead atoms. The van der Waals surface area contributed by atoms with Crippen LogP contribution in [-0.2, 0) is 16.1 Å². The maximum absolute atomic E-state index is 12.0. The summed E-state index contributed by atoms with van der Waals surface area (Å²) in [5, 5.41) is 8.60. The van der Waals surface area contributed by atoms with Crippen LogP contribution in [-0.4, -0.2) is 39.8 Å². The summed E-state index contributed by atoms with van der Waals surface area (Å²) in [6, 6.07) is 1.95. The SMILES string of the molecule is CCCn1nc(C(=O)OC(C)C(=O)NC(=O)NC2CC2)ccc1=O. The fraction of sp³-hybridized carbons (Fsp3) is 0.533. The highest BCUT2D eigenvalue weighted by atomic mass is 16.5. The van der Waals surface area contributed by atoms with E-state index in [0.29, 0.717) is 13.0 Å². The first-order chi connectivity index (χ1) is 11.4. The van der Waals surface area contributed by atoms with Crippen LogP contribution in [0.2, 0.25) is 0 Å². The molecule has 1 heterocycles. The van der Waals surface area contributed by atoms with Gasteiger partial charge in [-0.05, 0) is 32.3 Å². The van der Waals surface area contributed by atoms with E-state index in [2.05, 4.69) is 15.7 Å². The van der Waals surface area contributed by atoms with Gasteiger partial charge in [0.1, 0.15) is 0 Å². The molecule has 1 fully saturated rings. The van der Waals surface area contributed by atoms with E-state index >= 15 is 0 Å². The van der Waals surface area contributed by atoms with Gasteiger partial charge in [0, 0.05) is 18.7 Å². The average molecular weight is 336 g/mol. The van der Waals surface area contributed by atoms with Crippen molar-refractivity contribution in [2.24, 2.45) is 0 Å². The van der Waals surface area contributed by atoms with Crippen molar-refractivity contribution in [1.29, 1.82) is 0 Å². The van der Waals surface area contributed by atoms with Gasteiger partial charge in [-0.2, -0.15) is 5.10 Å². The molecule has 1 aliphatic rings. The van der Waals surface area contributed by atoms with Crippen LogP contribution in [0, 0.1) is 0 Å². The number of hydrogen-bond acceptors (Lipinski definition) is 6. The number of esters is 1. The summed E-state index contributed by atoms with van der Waals surface area (Å²) in [7, 11) is 0. The van der Waals surface area contributed by atoms with Crippen LogP contribution in [0.4, 0.5) is 4.79 Å². The van der Waals surface area contributed by atoms with Crippen LogP contribution in [0.15, 0.2) is 16.9 Å². The van der Waals surface area contributed by atoms with Gasteiger partial charge in [0.2, 0.25) is 0 Å². The number of carbonyl (C=O) groups is 3. The number of ether oxygens (including phenoxy) is 1. The van der Waals surface area contributed by atoms with Crippen LogP contribution < -0.4 is 16.2 Å². The highest BCUT2D eigenvalue weighted by Crippen LogP contribution is 2.18. The van der Waals surface area contributed by atoms with Gasteiger partial charge >= 0.3 is 12.0 Å². The zero-order valence-electron chi connectivity index (χ0n) is 13.6. The van der Waals surface area contributed by atoms with Crippen LogP contribution in [0.5, 0.6) is 0 Å². The topological polar surface area (TPSA) is 119 Å². The largest absolute Gasteiger partial charge is 0.448 e. The quantitative estimate of drug-likeness (QED) is 0.716. The van der Waals surface area contributed by atoms with E-state index in [9.17, 15) is 19.2 Å². The summed E-state index contributed by atoms with van der Waals surface area (Å²) >= 11 is 0. The number of hydrogen-bond donors (Lipinski definition) is 2. The zero-order chi connectivity index (χ0) is 17.7. The highest BCUT2D eigenvalue weighted by molar-refractivity contribution is 5.98. The standard InChI is InChI=1S/C15H20N4O5/c1-3-8-19-12(20)7-6-11(18-19)14(22)24-9(2)13(21)17-15(23)16-10-4-5-10/h6-7,9-10H,3-5,8H2,1-2H3,(H2,16,17,21,23). The number of rotatable bonds is 6. The normalized spacial score (nSPS) is 14.6. The van der Waals surface area contributed by atoms with Gasteiger partial charge in [0.05, 0.1) is 0 Å². The number of amides is 3. The maximum Gasteiger partial charge on any atom is 0.359 e. The van der Waals surface area contributed by atoms with E-state index in [1.807, 2.05) is 6.92 Å². The minimum Gasteiger partial charge on any atom is -0.448 e. The lowest BCUT2D eigenvalue weighted by molar-refractivity contribution is -0.127. The molecule has 1 saturated carbocycles. The van der Waals surface area contributed by atoms with Crippen molar-refractivity contribution in [3.8, 4) is 0 Å². The minimum absolute atomic E-state index is 0.0786. The smallest absolute Gasteiger partial charge is 0.359 e. The lowest BCUT2D eigenvalue weighted by Gasteiger charge is -2.13. The Bertz CT molecular complexity index is 695. The Kier molecular flexibility index (Phi) is 5.67. The minimum atomic E-state index is -1.17. The van der Waals surface area contributed by atoms with Crippen molar-refractivity contribution >= 4 is 17.9 Å². The lowest BCUT2D eigenvalue weighted by atomic mass is 10.3. The van der Waals surface area contributed by atoms with Crippen LogP contribution in [0.3, 0.4) is 0 Å². The van der Waals surface area contributed by atoms with Crippen molar-refractivity contribution in [2.75, 3.05) is 0 Å². The zero-order valence-corrected chi connectivity index (χ0v) is 13.6. The second-order valence-electron chi connectivity index (χ2n) is 5.56. The summed E-state index contributed by atoms with van der Waals surface area (Å²) in [5.41, 5.74) is -0.402. The molecule has 1 unspecified atom stereocenters. The molecule has 0 radical (unpaired) electrons. The number of urea groups is 1. The number of imide groups is 1. The fourth-order valence-electron chi connectivity index (χ4n) is 1.87. The molecule has 2 N–H and O–H groups in total. The van der Waals surface area contributed by atoms with E-state index < -0.39 is 24.0 Å². The molecule has 1 aromatic heterocycles. The van der Waals surface area contributed by atoms with E-state index in [4.69, 9.17) is 4.74 Å². The highest BCUT2D eigenvalue weighted by Gasteiger charge is 2.26. The van der Waals surface area contributed by atoms with Crippen LogP contribution >= 0.6 is 0 Å². The third kappa shape index (κ3) is 4.90. The summed E-state index contributed by atoms with van der Waals surface area (Å²) in [4.78, 5) is 46.9. The Balaban J connectivity index is 1.92. The Morgan fingerprint density at radius 2 is 2.08 bits per heavy atom. The Morgan fingerprint density at radius 1 is 1.38 bits per heavy atom. The second-order valence-corrected chi connectivity index (χ2v) is 5.56. The molecule has 9 nitrogen and oxygen atoms in total. The molecule has 0 aliphatic heterocycles. The predicted molar refractivity (Wildman–Crippen MR) is 83.4 cm³/mol. The van der Waals surface area contributed by atoms with Crippen molar-refractivity contribution < 1.29 is 19.1 Å². The van der Waals surface area contributed by atoms with E-state index in [1.54, 1.807) is 0 Å². The Labute approximate surface area is 138 Å². The van der Waals surface area contributed by atoms with Gasteiger partial charge in [-0.1, -0.05) is 6.92 Å². The van der Waals surface area contributed by atoms with Gasteiger partial charge in [-0.25, -0.2) is 14.3 Å². The van der Waals surface area contributed by atoms with Gasteiger partial charge in [0.25, 0.3) is 11.5 Å². The first-order valence-corrected chi connectivity index (χ1v) is 7.81. The molecule has 3 amide bonds. The Hall–Kier alpha value is -2.71. The fourth-order valence-corrected chi connectivity index (χ4v) is 1.87. The molecule has 9 heteroatoms. The number of aromatic nitrogens is 2. The van der Waals surface area contributed by atoms with Gasteiger partial charge in [-0.15, -0.1) is 0 Å². The first kappa shape index (κ1) is 17.6. The molecular weight excluding hydrogens is 316 g/mol. The van der Waals surface area contributed by atoms with E-state index in [1.165, 1.54) is 19.1 Å². The van der Waals surface area contributed by atoms with Gasteiger partial charge in [0.15, 0.2) is 11.8 Å². The second kappa shape index (κ2) is 7.71. The van der Waals surface area contributed by atoms with Gasteiger partial charge < -0.3 is 10.1 Å². The molecular formula is C15H20N4O5. The Morgan fingerprint density at radius 3 is 2.71 bits per heavy atom. The third-order valence-electron chi connectivity index (χ3n) is 3.31. The average Bonchev–Trinajstić information content (AvgIpc) is 3.33. The third-order valence-corrected chi connectivity index (χ3v) is 3.31. The maximum atomic E-state index is 12.0. The van der Waals surface area contributed by atoms with Crippen molar-refractivity contribution in [3.05, 3.63) is 28.2 Å². The molecule has 0 spiro atoms.